The molecule has 2 aromatic rings. The van der Waals surface area contributed by atoms with Crippen LogP contribution in [0.4, 0.5) is 4.39 Å². The zero-order chi connectivity index (χ0) is 22.2. The molecule has 1 N–H and O–H groups in total. The highest BCUT2D eigenvalue weighted by Crippen LogP contribution is 2.26. The van der Waals surface area contributed by atoms with Crippen LogP contribution < -0.4 is 5.32 Å². The van der Waals surface area contributed by atoms with Gasteiger partial charge in [0.2, 0.25) is 0 Å². The van der Waals surface area contributed by atoms with Crippen molar-refractivity contribution in [1.29, 1.82) is 0 Å². The van der Waals surface area contributed by atoms with Gasteiger partial charge in [0.25, 0.3) is 0 Å². The van der Waals surface area contributed by atoms with Gasteiger partial charge in [0, 0.05) is 45.4 Å². The predicted molar refractivity (Wildman–Crippen MR) is 141 cm³/mol. The van der Waals surface area contributed by atoms with Gasteiger partial charge < -0.3 is 15.0 Å². The molecule has 0 bridgehead atoms. The van der Waals surface area contributed by atoms with Crippen LogP contribution in [0.15, 0.2) is 41.5 Å². The average molecular weight is 570 g/mol. The summed E-state index contributed by atoms with van der Waals surface area (Å²) >= 11 is 0. The monoisotopic (exact) mass is 569 g/mol. The van der Waals surface area contributed by atoms with Gasteiger partial charge in [0.15, 0.2) is 5.96 Å². The van der Waals surface area contributed by atoms with E-state index in [-0.39, 0.29) is 29.8 Å². The first kappa shape index (κ1) is 25.9. The molecule has 1 aliphatic carbocycles. The number of hydrogen-bond donors (Lipinski definition) is 1. The number of hydrogen-bond acceptors (Lipinski definition) is 3. The zero-order valence-electron chi connectivity index (χ0n) is 19.6. The standard InChI is InChI=1S/C25H36FN5O.HI/c1-2-27-25(30-16-13-24(14-17-30)32-19-20-5-3-4-6-20)28-15-11-22-12-18-31(29-22)23-9-7-21(26)8-10-23;/h7-10,12,18,20,24H,2-6,11,13-17,19H2,1H3,(H,27,28);1H. The Kier molecular flexibility index (Phi) is 10.4. The molecule has 2 fully saturated rings. The van der Waals surface area contributed by atoms with Gasteiger partial charge in [-0.25, -0.2) is 9.07 Å². The van der Waals surface area contributed by atoms with E-state index in [1.807, 2.05) is 12.3 Å². The molecule has 4 rings (SSSR count). The van der Waals surface area contributed by atoms with Crippen LogP contribution in [0.1, 0.15) is 51.1 Å². The molecule has 8 heteroatoms. The number of nitrogens with zero attached hydrogens (tertiary/aromatic N) is 4. The number of piperidine rings is 1. The molecule has 2 aliphatic rings. The Labute approximate surface area is 214 Å². The van der Waals surface area contributed by atoms with Gasteiger partial charge >= 0.3 is 0 Å². The molecule has 0 unspecified atom stereocenters. The van der Waals surface area contributed by atoms with Crippen molar-refractivity contribution in [2.24, 2.45) is 10.9 Å². The van der Waals surface area contributed by atoms with Crippen molar-refractivity contribution in [1.82, 2.24) is 20.0 Å². The summed E-state index contributed by atoms with van der Waals surface area (Å²) in [5, 5.41) is 8.04. The third-order valence-corrected chi connectivity index (χ3v) is 6.48. The summed E-state index contributed by atoms with van der Waals surface area (Å²) in [5.74, 6) is 1.54. The Bertz CT molecular complexity index is 858. The van der Waals surface area contributed by atoms with Crippen molar-refractivity contribution in [3.8, 4) is 5.69 Å². The van der Waals surface area contributed by atoms with E-state index < -0.39 is 0 Å². The third kappa shape index (κ3) is 7.67. The van der Waals surface area contributed by atoms with Gasteiger partial charge in [0.1, 0.15) is 5.82 Å². The van der Waals surface area contributed by atoms with Crippen LogP contribution in [0, 0.1) is 11.7 Å². The van der Waals surface area contributed by atoms with E-state index in [1.165, 1.54) is 37.8 Å². The topological polar surface area (TPSA) is 54.7 Å². The number of rotatable bonds is 8. The molecule has 1 aromatic heterocycles. The molecule has 2 heterocycles. The molecule has 182 valence electrons. The lowest BCUT2D eigenvalue weighted by Gasteiger charge is -2.34. The van der Waals surface area contributed by atoms with Crippen molar-refractivity contribution >= 4 is 29.9 Å². The van der Waals surface area contributed by atoms with Gasteiger partial charge in [-0.15, -0.1) is 24.0 Å². The first-order chi connectivity index (χ1) is 15.7. The summed E-state index contributed by atoms with van der Waals surface area (Å²) in [7, 11) is 0. The van der Waals surface area contributed by atoms with Gasteiger partial charge in [-0.1, -0.05) is 12.8 Å². The minimum Gasteiger partial charge on any atom is -0.378 e. The molecule has 1 aromatic carbocycles. The molecule has 0 amide bonds. The average Bonchev–Trinajstić information content (AvgIpc) is 3.50. The molecule has 0 radical (unpaired) electrons. The summed E-state index contributed by atoms with van der Waals surface area (Å²) in [6, 6.07) is 8.36. The van der Waals surface area contributed by atoms with Crippen LogP contribution in [0.3, 0.4) is 0 Å². The molecule has 0 spiro atoms. The molecular formula is C25H37FIN5O. The maximum Gasteiger partial charge on any atom is 0.193 e. The molecule has 0 atom stereocenters. The van der Waals surface area contributed by atoms with E-state index in [0.717, 1.165) is 68.8 Å². The summed E-state index contributed by atoms with van der Waals surface area (Å²) < 4.78 is 21.1. The van der Waals surface area contributed by atoms with Crippen LogP contribution >= 0.6 is 24.0 Å². The number of likely N-dealkylation sites (tertiary alicyclic amines) is 1. The number of aliphatic imine (C=N–C) groups is 1. The fourth-order valence-electron chi connectivity index (χ4n) is 4.62. The lowest BCUT2D eigenvalue weighted by Crippen LogP contribution is -2.47. The number of nitrogens with one attached hydrogen (secondary N) is 1. The van der Waals surface area contributed by atoms with E-state index in [4.69, 9.17) is 9.73 Å². The first-order valence-electron chi connectivity index (χ1n) is 12.2. The van der Waals surface area contributed by atoms with E-state index in [0.29, 0.717) is 12.6 Å². The predicted octanol–water partition coefficient (Wildman–Crippen LogP) is 4.81. The van der Waals surface area contributed by atoms with Crippen molar-refractivity contribution in [2.45, 2.75) is 58.0 Å². The molecule has 6 nitrogen and oxygen atoms in total. The van der Waals surface area contributed by atoms with Gasteiger partial charge in [-0.2, -0.15) is 5.10 Å². The zero-order valence-corrected chi connectivity index (χ0v) is 21.9. The second-order valence-corrected chi connectivity index (χ2v) is 8.88. The number of ether oxygens (including phenoxy) is 1. The van der Waals surface area contributed by atoms with Gasteiger partial charge in [-0.3, -0.25) is 4.99 Å². The molecule has 1 saturated heterocycles. The first-order valence-corrected chi connectivity index (χ1v) is 12.2. The fourth-order valence-corrected chi connectivity index (χ4v) is 4.62. The van der Waals surface area contributed by atoms with Crippen LogP contribution in [0.5, 0.6) is 0 Å². The van der Waals surface area contributed by atoms with Crippen molar-refractivity contribution in [2.75, 3.05) is 32.8 Å². The lowest BCUT2D eigenvalue weighted by atomic mass is 10.1. The minimum atomic E-state index is -0.240. The number of guanidine groups is 1. The summed E-state index contributed by atoms with van der Waals surface area (Å²) in [6.45, 7) is 6.57. The molecule has 1 saturated carbocycles. The van der Waals surface area contributed by atoms with E-state index in [9.17, 15) is 4.39 Å². The molecule has 1 aliphatic heterocycles. The highest BCUT2D eigenvalue weighted by atomic mass is 127. The Morgan fingerprint density at radius 1 is 1.12 bits per heavy atom. The van der Waals surface area contributed by atoms with Crippen molar-refractivity contribution < 1.29 is 9.13 Å². The minimum absolute atomic E-state index is 0. The van der Waals surface area contributed by atoms with E-state index in [2.05, 4.69) is 22.2 Å². The van der Waals surface area contributed by atoms with Gasteiger partial charge in [0.05, 0.1) is 17.5 Å². The number of halogens is 2. The van der Waals surface area contributed by atoms with Crippen LogP contribution in [-0.4, -0.2) is 59.5 Å². The highest BCUT2D eigenvalue weighted by molar-refractivity contribution is 14.0. The van der Waals surface area contributed by atoms with Crippen LogP contribution in [-0.2, 0) is 11.2 Å². The Hall–Kier alpha value is -1.68. The fraction of sp³-hybridized carbons (Fsp3) is 0.600. The van der Waals surface area contributed by atoms with Crippen LogP contribution in [0.2, 0.25) is 0 Å². The number of benzene rings is 1. The maximum absolute atomic E-state index is 13.1. The summed E-state index contributed by atoms with van der Waals surface area (Å²) in [6.07, 6.45) is 10.7. The third-order valence-electron chi connectivity index (χ3n) is 6.48. The summed E-state index contributed by atoms with van der Waals surface area (Å²) in [4.78, 5) is 7.21. The van der Waals surface area contributed by atoms with Crippen molar-refractivity contribution in [3.05, 3.63) is 48.0 Å². The largest absolute Gasteiger partial charge is 0.378 e. The van der Waals surface area contributed by atoms with Crippen LogP contribution in [0.25, 0.3) is 5.69 Å². The highest BCUT2D eigenvalue weighted by Gasteiger charge is 2.23. The van der Waals surface area contributed by atoms with E-state index in [1.54, 1.807) is 16.8 Å². The normalized spacial score (nSPS) is 17.9. The second-order valence-electron chi connectivity index (χ2n) is 8.88. The Morgan fingerprint density at radius 2 is 1.85 bits per heavy atom. The van der Waals surface area contributed by atoms with Gasteiger partial charge in [-0.05, 0) is 68.9 Å². The smallest absolute Gasteiger partial charge is 0.193 e. The number of aromatic nitrogens is 2. The lowest BCUT2D eigenvalue weighted by molar-refractivity contribution is 0.00102. The quantitative estimate of drug-likeness (QED) is 0.282. The van der Waals surface area contributed by atoms with Crippen molar-refractivity contribution in [3.63, 3.8) is 0 Å². The Balaban J connectivity index is 0.00000306. The Morgan fingerprint density at radius 3 is 2.55 bits per heavy atom. The summed E-state index contributed by atoms with van der Waals surface area (Å²) in [5.41, 5.74) is 1.83. The SMILES string of the molecule is CCNC(=NCCc1ccn(-c2ccc(F)cc2)n1)N1CCC(OCC2CCCC2)CC1.I. The molecule has 33 heavy (non-hydrogen) atoms. The molecular weight excluding hydrogens is 532 g/mol. The van der Waals surface area contributed by atoms with E-state index >= 15 is 0 Å². The second kappa shape index (κ2) is 13.3. The maximum atomic E-state index is 13.1.